The predicted octanol–water partition coefficient (Wildman–Crippen LogP) is 3.49. The van der Waals surface area contributed by atoms with Crippen LogP contribution in [0.5, 0.6) is 0 Å². The number of benzene rings is 2. The van der Waals surface area contributed by atoms with Crippen molar-refractivity contribution < 1.29 is 0 Å². The second-order valence-electron chi connectivity index (χ2n) is 4.79. The molecule has 0 aliphatic rings. The number of hydrogen-bond donors (Lipinski definition) is 1. The first kappa shape index (κ1) is 11.8. The summed E-state index contributed by atoms with van der Waals surface area (Å²) in [6.45, 7) is 2.84. The average Bonchev–Trinajstić information content (AvgIpc) is 2.74. The van der Waals surface area contributed by atoms with Crippen LogP contribution in [-0.2, 0) is 13.6 Å². The number of anilines is 1. The number of nitrogens with one attached hydrogen (secondary N) is 1. The lowest BCUT2D eigenvalue weighted by atomic mass is 10.1. The molecule has 0 fully saturated rings. The topological polar surface area (TPSA) is 29.9 Å². The Labute approximate surface area is 112 Å². The molecular weight excluding hydrogens is 234 g/mol. The predicted molar refractivity (Wildman–Crippen MR) is 79.2 cm³/mol. The van der Waals surface area contributed by atoms with Crippen LogP contribution in [0.15, 0.2) is 48.7 Å². The van der Waals surface area contributed by atoms with Crippen molar-refractivity contribution in [1.29, 1.82) is 0 Å². The highest BCUT2D eigenvalue weighted by Gasteiger charge is 2.04. The third-order valence-corrected chi connectivity index (χ3v) is 3.37. The van der Waals surface area contributed by atoms with E-state index in [0.29, 0.717) is 0 Å². The lowest BCUT2D eigenvalue weighted by Crippen LogP contribution is -2.00. The highest BCUT2D eigenvalue weighted by Crippen LogP contribution is 2.23. The zero-order valence-electron chi connectivity index (χ0n) is 11.2. The molecule has 0 spiro atoms. The smallest absolute Gasteiger partial charge is 0.0643 e. The number of rotatable bonds is 3. The Balaban J connectivity index is 1.88. The maximum absolute atomic E-state index is 4.36. The van der Waals surface area contributed by atoms with Gasteiger partial charge in [-0.3, -0.25) is 4.68 Å². The lowest BCUT2D eigenvalue weighted by molar-refractivity contribution is 0.756. The van der Waals surface area contributed by atoms with E-state index in [2.05, 4.69) is 59.1 Å². The monoisotopic (exact) mass is 251 g/mol. The van der Waals surface area contributed by atoms with Gasteiger partial charge in [0.05, 0.1) is 5.69 Å². The van der Waals surface area contributed by atoms with E-state index in [1.807, 2.05) is 18.7 Å². The molecule has 3 aromatic rings. The van der Waals surface area contributed by atoms with E-state index in [0.717, 1.165) is 12.2 Å². The van der Waals surface area contributed by atoms with Crippen LogP contribution in [0.25, 0.3) is 10.8 Å². The molecule has 1 heterocycles. The van der Waals surface area contributed by atoms with E-state index >= 15 is 0 Å². The Hall–Kier alpha value is -2.29. The number of fused-ring (bicyclic) bond motifs is 1. The Morgan fingerprint density at radius 1 is 1.11 bits per heavy atom. The van der Waals surface area contributed by atoms with Gasteiger partial charge in [-0.15, -0.1) is 0 Å². The molecule has 3 nitrogen and oxygen atoms in total. The van der Waals surface area contributed by atoms with E-state index in [9.17, 15) is 0 Å². The first-order chi connectivity index (χ1) is 9.24. The molecule has 3 heteroatoms. The highest BCUT2D eigenvalue weighted by atomic mass is 15.2. The van der Waals surface area contributed by atoms with E-state index in [1.54, 1.807) is 0 Å². The molecule has 19 heavy (non-hydrogen) atoms. The van der Waals surface area contributed by atoms with Crippen molar-refractivity contribution >= 4 is 16.5 Å². The summed E-state index contributed by atoms with van der Waals surface area (Å²) in [5.41, 5.74) is 3.48. The summed E-state index contributed by atoms with van der Waals surface area (Å²) in [7, 11) is 1.95. The molecule has 1 N–H and O–H groups in total. The van der Waals surface area contributed by atoms with Crippen LogP contribution in [0.2, 0.25) is 0 Å². The van der Waals surface area contributed by atoms with E-state index in [-0.39, 0.29) is 0 Å². The van der Waals surface area contributed by atoms with E-state index < -0.39 is 0 Å². The first-order valence-corrected chi connectivity index (χ1v) is 6.45. The van der Waals surface area contributed by atoms with Crippen molar-refractivity contribution in [1.82, 2.24) is 9.78 Å². The standard InChI is InChI=1S/C16H17N3/c1-12-14(11-19(2)18-12)10-17-16-9-5-7-13-6-3-4-8-15(13)16/h3-9,11,17H,10H2,1-2H3. The highest BCUT2D eigenvalue weighted by molar-refractivity contribution is 5.93. The van der Waals surface area contributed by atoms with Crippen molar-refractivity contribution in [2.75, 3.05) is 5.32 Å². The average molecular weight is 251 g/mol. The molecule has 0 saturated heterocycles. The van der Waals surface area contributed by atoms with Gasteiger partial charge in [0.1, 0.15) is 0 Å². The van der Waals surface area contributed by atoms with Gasteiger partial charge in [-0.2, -0.15) is 5.10 Å². The molecule has 2 aromatic carbocycles. The van der Waals surface area contributed by atoms with Crippen molar-refractivity contribution in [3.63, 3.8) is 0 Å². The molecule has 0 atom stereocenters. The summed E-state index contributed by atoms with van der Waals surface area (Å²) < 4.78 is 1.86. The maximum Gasteiger partial charge on any atom is 0.0643 e. The fourth-order valence-corrected chi connectivity index (χ4v) is 2.39. The van der Waals surface area contributed by atoms with Gasteiger partial charge >= 0.3 is 0 Å². The normalized spacial score (nSPS) is 10.8. The van der Waals surface area contributed by atoms with Crippen LogP contribution >= 0.6 is 0 Å². The van der Waals surface area contributed by atoms with Gasteiger partial charge in [0.15, 0.2) is 0 Å². The minimum Gasteiger partial charge on any atom is -0.380 e. The number of aryl methyl sites for hydroxylation is 2. The molecule has 0 bridgehead atoms. The quantitative estimate of drug-likeness (QED) is 0.772. The largest absolute Gasteiger partial charge is 0.380 e. The van der Waals surface area contributed by atoms with Crippen LogP contribution in [0.3, 0.4) is 0 Å². The van der Waals surface area contributed by atoms with Crippen molar-refractivity contribution in [3.8, 4) is 0 Å². The maximum atomic E-state index is 4.36. The Bertz CT molecular complexity index is 708. The van der Waals surface area contributed by atoms with E-state index in [1.165, 1.54) is 22.0 Å². The van der Waals surface area contributed by atoms with Crippen molar-refractivity contribution in [2.24, 2.45) is 7.05 Å². The Morgan fingerprint density at radius 2 is 1.89 bits per heavy atom. The van der Waals surface area contributed by atoms with Gasteiger partial charge in [0, 0.05) is 36.4 Å². The van der Waals surface area contributed by atoms with Crippen LogP contribution in [0.1, 0.15) is 11.3 Å². The third-order valence-electron chi connectivity index (χ3n) is 3.37. The Morgan fingerprint density at radius 3 is 2.68 bits per heavy atom. The van der Waals surface area contributed by atoms with Crippen molar-refractivity contribution in [3.05, 3.63) is 59.9 Å². The summed E-state index contributed by atoms with van der Waals surface area (Å²) in [5, 5.41) is 10.4. The van der Waals surface area contributed by atoms with Gasteiger partial charge in [-0.25, -0.2) is 0 Å². The van der Waals surface area contributed by atoms with Gasteiger partial charge in [-0.05, 0) is 18.4 Å². The van der Waals surface area contributed by atoms with Gasteiger partial charge < -0.3 is 5.32 Å². The molecule has 0 aliphatic carbocycles. The Kier molecular flexibility index (Phi) is 2.95. The summed E-state index contributed by atoms with van der Waals surface area (Å²) in [5.74, 6) is 0. The molecule has 1 aromatic heterocycles. The first-order valence-electron chi connectivity index (χ1n) is 6.45. The van der Waals surface area contributed by atoms with Gasteiger partial charge in [0.25, 0.3) is 0 Å². The fourth-order valence-electron chi connectivity index (χ4n) is 2.39. The van der Waals surface area contributed by atoms with Crippen molar-refractivity contribution in [2.45, 2.75) is 13.5 Å². The summed E-state index contributed by atoms with van der Waals surface area (Å²) >= 11 is 0. The van der Waals surface area contributed by atoms with Crippen LogP contribution in [-0.4, -0.2) is 9.78 Å². The van der Waals surface area contributed by atoms with Gasteiger partial charge in [0.2, 0.25) is 0 Å². The van der Waals surface area contributed by atoms with E-state index in [4.69, 9.17) is 0 Å². The minimum atomic E-state index is 0.799. The van der Waals surface area contributed by atoms with Crippen LogP contribution in [0.4, 0.5) is 5.69 Å². The zero-order valence-corrected chi connectivity index (χ0v) is 11.2. The molecule has 96 valence electrons. The number of nitrogens with zero attached hydrogens (tertiary/aromatic N) is 2. The molecule has 0 radical (unpaired) electrons. The number of aromatic nitrogens is 2. The minimum absolute atomic E-state index is 0.799. The molecule has 0 amide bonds. The summed E-state index contributed by atoms with van der Waals surface area (Å²) in [4.78, 5) is 0. The zero-order chi connectivity index (χ0) is 13.2. The van der Waals surface area contributed by atoms with Crippen LogP contribution in [0, 0.1) is 6.92 Å². The molecular formula is C16H17N3. The fraction of sp³-hybridized carbons (Fsp3) is 0.188. The summed E-state index contributed by atoms with van der Waals surface area (Å²) in [6.07, 6.45) is 2.06. The molecule has 3 rings (SSSR count). The molecule has 0 unspecified atom stereocenters. The van der Waals surface area contributed by atoms with Crippen LogP contribution < -0.4 is 5.32 Å². The number of hydrogen-bond acceptors (Lipinski definition) is 2. The molecule has 0 aliphatic heterocycles. The summed E-state index contributed by atoms with van der Waals surface area (Å²) in [6, 6.07) is 14.8. The second-order valence-corrected chi connectivity index (χ2v) is 4.79. The molecule has 0 saturated carbocycles. The second kappa shape index (κ2) is 4.76. The van der Waals surface area contributed by atoms with Gasteiger partial charge in [-0.1, -0.05) is 36.4 Å². The third kappa shape index (κ3) is 2.32. The SMILES string of the molecule is Cc1nn(C)cc1CNc1cccc2ccccc12. The lowest BCUT2D eigenvalue weighted by Gasteiger charge is -2.09.